The summed E-state index contributed by atoms with van der Waals surface area (Å²) in [6.45, 7) is 3.22. The van der Waals surface area contributed by atoms with Gasteiger partial charge in [0.2, 0.25) is 23.7 Å². The Labute approximate surface area is 368 Å². The Kier molecular flexibility index (Phi) is 34.3. The number of ether oxygens (including phenoxy) is 4. The number of esters is 4. The summed E-state index contributed by atoms with van der Waals surface area (Å²) in [7, 11) is 0. The summed E-state index contributed by atoms with van der Waals surface area (Å²) in [4.78, 5) is 46.2. The second-order valence-corrected chi connectivity index (χ2v) is 15.5. The van der Waals surface area contributed by atoms with Crippen LogP contribution in [0.25, 0.3) is 0 Å². The fourth-order valence-electron chi connectivity index (χ4n) is 6.86. The van der Waals surface area contributed by atoms with Crippen molar-refractivity contribution in [3.05, 3.63) is 23.0 Å². The number of aliphatic hydroxyl groups excluding tert-OH is 6. The van der Waals surface area contributed by atoms with Crippen molar-refractivity contribution in [2.75, 3.05) is 13.2 Å². The molecule has 0 saturated heterocycles. The van der Waals surface area contributed by atoms with Crippen LogP contribution in [0.15, 0.2) is 23.0 Å². The van der Waals surface area contributed by atoms with Crippen molar-refractivity contribution in [1.82, 2.24) is 0 Å². The first-order valence-electron chi connectivity index (χ1n) is 22.3. The maximum absolute atomic E-state index is 11.9. The summed E-state index contributed by atoms with van der Waals surface area (Å²) < 4.78 is 19.6. The smallest absolute Gasteiger partial charge is 0.505 e. The van der Waals surface area contributed by atoms with Crippen molar-refractivity contribution in [2.24, 2.45) is 0 Å². The predicted molar refractivity (Wildman–Crippen MR) is 225 cm³/mol. The maximum Gasteiger partial charge on any atom is 2.00 e. The minimum Gasteiger partial charge on any atom is -0.505 e. The molecule has 15 heteroatoms. The summed E-state index contributed by atoms with van der Waals surface area (Å²) in [5.41, 5.74) is 0. The first kappa shape index (κ1) is 56.2. The van der Waals surface area contributed by atoms with E-state index in [-0.39, 0.29) is 35.9 Å². The number of rotatable bonds is 34. The van der Waals surface area contributed by atoms with Crippen LogP contribution in [0.2, 0.25) is 0 Å². The number of unbranched alkanes of at least 4 members (excludes halogenated alkanes) is 24. The molecule has 0 saturated carbocycles. The zero-order valence-electron chi connectivity index (χ0n) is 36.2. The summed E-state index contributed by atoms with van der Waals surface area (Å²) in [6, 6.07) is 0. The number of cyclic esters (lactones) is 2. The minimum atomic E-state index is -1.36. The van der Waals surface area contributed by atoms with E-state index in [1.165, 1.54) is 128 Å². The van der Waals surface area contributed by atoms with Crippen LogP contribution in [0.4, 0.5) is 0 Å². The number of hydrogen-bond acceptors (Lipinski definition) is 14. The average molecular weight is 853 g/mol. The van der Waals surface area contributed by atoms with Crippen LogP contribution in [0, 0.1) is 0 Å². The Morgan fingerprint density at radius 3 is 0.915 bits per heavy atom. The molecule has 2 rings (SSSR count). The summed E-state index contributed by atoms with van der Waals surface area (Å²) in [6.07, 6.45) is 26.7. The molecule has 0 bridgehead atoms. The van der Waals surface area contributed by atoms with Crippen LogP contribution in [0.5, 0.6) is 0 Å². The van der Waals surface area contributed by atoms with Crippen LogP contribution >= 0.6 is 0 Å². The number of aliphatic hydroxyl groups is 6. The number of carbonyl (C=O) groups is 4. The van der Waals surface area contributed by atoms with Gasteiger partial charge < -0.3 is 49.6 Å². The summed E-state index contributed by atoms with van der Waals surface area (Å²) in [5, 5.41) is 56.5. The van der Waals surface area contributed by atoms with Gasteiger partial charge in [-0.25, -0.2) is 9.59 Å². The summed E-state index contributed by atoms with van der Waals surface area (Å²) in [5.74, 6) is -6.52. The van der Waals surface area contributed by atoms with Gasteiger partial charge in [-0.3, -0.25) is 9.59 Å². The van der Waals surface area contributed by atoms with Crippen LogP contribution in [-0.2, 0) is 38.1 Å². The van der Waals surface area contributed by atoms with Gasteiger partial charge >= 0.3 is 46.9 Å². The van der Waals surface area contributed by atoms with E-state index < -0.39 is 84.5 Å². The third-order valence-electron chi connectivity index (χ3n) is 10.4. The molecule has 0 spiro atoms. The third kappa shape index (κ3) is 24.9. The van der Waals surface area contributed by atoms with Crippen molar-refractivity contribution >= 4 is 46.9 Å². The molecular formula is C44H76MgO14+2. The van der Waals surface area contributed by atoms with E-state index in [0.29, 0.717) is 12.8 Å². The molecule has 4 unspecified atom stereocenters. The van der Waals surface area contributed by atoms with Gasteiger partial charge in [0, 0.05) is 12.8 Å². The molecule has 4 atom stereocenters. The van der Waals surface area contributed by atoms with E-state index in [2.05, 4.69) is 13.8 Å². The second kappa shape index (κ2) is 36.0. The summed E-state index contributed by atoms with van der Waals surface area (Å²) >= 11 is 0. The quantitative estimate of drug-likeness (QED) is 0.0154. The van der Waals surface area contributed by atoms with Gasteiger partial charge in [0.25, 0.3) is 0 Å². The van der Waals surface area contributed by atoms with Crippen LogP contribution < -0.4 is 0 Å². The van der Waals surface area contributed by atoms with Crippen molar-refractivity contribution in [2.45, 2.75) is 218 Å². The fourth-order valence-corrected chi connectivity index (χ4v) is 6.86. The zero-order valence-corrected chi connectivity index (χ0v) is 37.6. The molecule has 2 heterocycles. The van der Waals surface area contributed by atoms with E-state index in [1.54, 1.807) is 0 Å². The van der Waals surface area contributed by atoms with E-state index in [1.807, 2.05) is 0 Å². The molecule has 0 amide bonds. The van der Waals surface area contributed by atoms with Gasteiger partial charge in [-0.05, 0) is 12.8 Å². The molecule has 0 aromatic carbocycles. The number of carbonyl (C=O) groups excluding carboxylic acids is 4. The second-order valence-electron chi connectivity index (χ2n) is 15.5. The molecule has 0 radical (unpaired) electrons. The molecule has 0 aromatic rings. The zero-order chi connectivity index (χ0) is 43.0. The molecule has 14 nitrogen and oxygen atoms in total. The predicted octanol–water partition coefficient (Wildman–Crippen LogP) is 8.87. The third-order valence-corrected chi connectivity index (χ3v) is 10.4. The van der Waals surface area contributed by atoms with Gasteiger partial charge in [-0.15, -0.1) is 0 Å². The standard InChI is InChI=1S/2C22H38O7.Mg/c2*1-2-3-4-5-6-7-8-9-10-11-12-13-14-15-18(24)28-17(16-23)21-19(25)20(26)22(27)29-21;/h2*17,21,23,25-26H,2-16H2,1H3;/q;;+2. The maximum atomic E-state index is 11.9. The van der Waals surface area contributed by atoms with Gasteiger partial charge in [0.15, 0.2) is 23.7 Å². The monoisotopic (exact) mass is 853 g/mol. The largest absolute Gasteiger partial charge is 2.00 e. The molecule has 6 N–H and O–H groups in total. The van der Waals surface area contributed by atoms with Gasteiger partial charge in [0.05, 0.1) is 13.2 Å². The Hall–Kier alpha value is -2.75. The van der Waals surface area contributed by atoms with Crippen molar-refractivity contribution in [1.29, 1.82) is 0 Å². The van der Waals surface area contributed by atoms with E-state index in [9.17, 15) is 49.8 Å². The molecule has 2 aliphatic heterocycles. The van der Waals surface area contributed by atoms with Crippen LogP contribution in [-0.4, -0.2) is 115 Å². The molecule has 336 valence electrons. The van der Waals surface area contributed by atoms with Crippen molar-refractivity contribution < 1.29 is 68.8 Å². The fraction of sp³-hybridized carbons (Fsp3) is 0.818. The van der Waals surface area contributed by atoms with Gasteiger partial charge in [-0.1, -0.05) is 168 Å². The van der Waals surface area contributed by atoms with Crippen molar-refractivity contribution in [3.8, 4) is 0 Å². The van der Waals surface area contributed by atoms with Gasteiger partial charge in [0.1, 0.15) is 0 Å². The Morgan fingerprint density at radius 1 is 0.475 bits per heavy atom. The average Bonchev–Trinajstić information content (AvgIpc) is 3.62. The number of hydrogen-bond donors (Lipinski definition) is 6. The van der Waals surface area contributed by atoms with E-state index in [4.69, 9.17) is 18.9 Å². The van der Waals surface area contributed by atoms with Crippen molar-refractivity contribution in [3.63, 3.8) is 0 Å². The van der Waals surface area contributed by atoms with Gasteiger partial charge in [-0.2, -0.15) is 0 Å². The van der Waals surface area contributed by atoms with Crippen LogP contribution in [0.3, 0.4) is 0 Å². The molecule has 0 aromatic heterocycles. The van der Waals surface area contributed by atoms with Crippen LogP contribution in [0.1, 0.15) is 194 Å². The SMILES string of the molecule is CCCCCCCCCCCCCCCC(=O)OC(CO)C1OC(=O)C(O)=C1O.CCCCCCCCCCCCCCCC(=O)OC(CO)C1OC(=O)C(O)=C1O.[Mg+2]. The first-order valence-corrected chi connectivity index (χ1v) is 22.3. The minimum absolute atomic E-state index is 0. The molecule has 0 fully saturated rings. The molecule has 0 aliphatic carbocycles. The molecular weight excluding hydrogens is 777 g/mol. The Morgan fingerprint density at radius 2 is 0.712 bits per heavy atom. The van der Waals surface area contributed by atoms with E-state index >= 15 is 0 Å². The van der Waals surface area contributed by atoms with E-state index in [0.717, 1.165) is 25.7 Å². The Balaban J connectivity index is 0.00000112. The molecule has 2 aliphatic rings. The topological polar surface area (TPSA) is 227 Å². The molecule has 59 heavy (non-hydrogen) atoms. The Bertz CT molecular complexity index is 1130. The normalized spacial score (nSPS) is 17.2. The first-order chi connectivity index (χ1) is 28.0.